The number of hydrogen-bond donors (Lipinski definition) is 1. The van der Waals surface area contributed by atoms with Gasteiger partial charge in [-0.05, 0) is 34.1 Å². The molecule has 1 aromatic carbocycles. The number of rotatable bonds is 0. The van der Waals surface area contributed by atoms with Crippen molar-refractivity contribution in [1.82, 2.24) is 4.98 Å². The fourth-order valence-corrected chi connectivity index (χ4v) is 1.60. The van der Waals surface area contributed by atoms with E-state index in [9.17, 15) is 0 Å². The van der Waals surface area contributed by atoms with Gasteiger partial charge in [0.05, 0.1) is 5.52 Å². The third-order valence-electron chi connectivity index (χ3n) is 1.75. The van der Waals surface area contributed by atoms with Crippen LogP contribution in [0.1, 0.15) is 13.8 Å². The van der Waals surface area contributed by atoms with Crippen molar-refractivity contribution < 1.29 is 0 Å². The lowest BCUT2D eigenvalue weighted by molar-refractivity contribution is 1.41. The van der Waals surface area contributed by atoms with E-state index in [4.69, 9.17) is 5.73 Å². The van der Waals surface area contributed by atoms with Gasteiger partial charge in [0.2, 0.25) is 0 Å². The highest BCUT2D eigenvalue weighted by Crippen LogP contribution is 2.27. The van der Waals surface area contributed by atoms with Gasteiger partial charge in [-0.3, -0.25) is 4.98 Å². The zero-order chi connectivity index (χ0) is 10.6. The van der Waals surface area contributed by atoms with E-state index in [1.165, 1.54) is 0 Å². The number of halogens is 1. The summed E-state index contributed by atoms with van der Waals surface area (Å²) < 4.78 is 0.924. The van der Waals surface area contributed by atoms with Crippen molar-refractivity contribution in [1.29, 1.82) is 0 Å². The summed E-state index contributed by atoms with van der Waals surface area (Å²) in [5.41, 5.74) is 7.41. The van der Waals surface area contributed by atoms with Crippen LogP contribution in [0.25, 0.3) is 10.9 Å². The van der Waals surface area contributed by atoms with Crippen LogP contribution < -0.4 is 5.73 Å². The lowest BCUT2D eigenvalue weighted by Crippen LogP contribution is -1.87. The summed E-state index contributed by atoms with van der Waals surface area (Å²) in [7, 11) is 0. The molecule has 0 spiro atoms. The van der Waals surface area contributed by atoms with Crippen LogP contribution >= 0.6 is 15.9 Å². The van der Waals surface area contributed by atoms with Gasteiger partial charge in [-0.2, -0.15) is 0 Å². The first-order valence-electron chi connectivity index (χ1n) is 4.58. The summed E-state index contributed by atoms with van der Waals surface area (Å²) in [5, 5.41) is 1.05. The monoisotopic (exact) mass is 252 g/mol. The highest BCUT2D eigenvalue weighted by Gasteiger charge is 2.00. The van der Waals surface area contributed by atoms with Gasteiger partial charge in [0.25, 0.3) is 0 Å². The minimum atomic E-state index is 0.746. The van der Waals surface area contributed by atoms with Gasteiger partial charge in [-0.1, -0.05) is 19.9 Å². The Morgan fingerprint density at radius 2 is 1.93 bits per heavy atom. The maximum absolute atomic E-state index is 5.71. The Morgan fingerprint density at radius 3 is 2.64 bits per heavy atom. The van der Waals surface area contributed by atoms with Crippen LogP contribution in [0.3, 0.4) is 0 Å². The molecule has 0 aliphatic rings. The zero-order valence-corrected chi connectivity index (χ0v) is 9.88. The second-order valence-electron chi connectivity index (χ2n) is 2.54. The molecule has 2 nitrogen and oxygen atoms in total. The highest BCUT2D eigenvalue weighted by molar-refractivity contribution is 9.10. The molecule has 0 fully saturated rings. The summed E-state index contributed by atoms with van der Waals surface area (Å²) in [4.78, 5) is 4.20. The van der Waals surface area contributed by atoms with Crippen LogP contribution in [0, 0.1) is 0 Å². The summed E-state index contributed by atoms with van der Waals surface area (Å²) >= 11 is 3.42. The maximum Gasteiger partial charge on any atom is 0.0714 e. The number of nitrogens with two attached hydrogens (primary N) is 1. The molecule has 0 aliphatic heterocycles. The van der Waals surface area contributed by atoms with Crippen LogP contribution in [0.5, 0.6) is 0 Å². The second kappa shape index (κ2) is 4.96. The molecule has 1 aromatic heterocycles. The molecule has 2 N–H and O–H groups in total. The molecule has 0 saturated heterocycles. The number of hydrogen-bond acceptors (Lipinski definition) is 2. The molecule has 14 heavy (non-hydrogen) atoms. The SMILES string of the molecule is CC.Nc1ccc2ncccc2c1Br. The van der Waals surface area contributed by atoms with Gasteiger partial charge in [-0.25, -0.2) is 0 Å². The Bertz CT molecular complexity index is 427. The number of pyridine rings is 1. The number of anilines is 1. The number of aromatic nitrogens is 1. The molecular weight excluding hydrogens is 240 g/mol. The van der Waals surface area contributed by atoms with E-state index in [2.05, 4.69) is 20.9 Å². The molecule has 0 aliphatic carbocycles. The smallest absolute Gasteiger partial charge is 0.0714 e. The predicted molar refractivity (Wildman–Crippen MR) is 65.2 cm³/mol. The van der Waals surface area contributed by atoms with E-state index < -0.39 is 0 Å². The van der Waals surface area contributed by atoms with Crippen molar-refractivity contribution in [3.8, 4) is 0 Å². The van der Waals surface area contributed by atoms with Crippen LogP contribution in [0.2, 0.25) is 0 Å². The van der Waals surface area contributed by atoms with Gasteiger partial charge >= 0.3 is 0 Å². The van der Waals surface area contributed by atoms with Crippen molar-refractivity contribution >= 4 is 32.5 Å². The Labute approximate surface area is 92.3 Å². The van der Waals surface area contributed by atoms with Crippen molar-refractivity contribution in [2.75, 3.05) is 5.73 Å². The van der Waals surface area contributed by atoms with Crippen LogP contribution in [0.4, 0.5) is 5.69 Å². The average Bonchev–Trinajstić information content (AvgIpc) is 2.27. The molecule has 0 atom stereocenters. The first kappa shape index (κ1) is 11.0. The van der Waals surface area contributed by atoms with E-state index >= 15 is 0 Å². The molecule has 0 bridgehead atoms. The third kappa shape index (κ3) is 2.04. The number of fused-ring (bicyclic) bond motifs is 1. The Morgan fingerprint density at radius 1 is 1.21 bits per heavy atom. The summed E-state index contributed by atoms with van der Waals surface area (Å²) in [6.07, 6.45) is 1.77. The standard InChI is InChI=1S/C9H7BrN2.C2H6/c10-9-6-2-1-5-12-8(6)4-3-7(9)11;1-2/h1-5H,11H2;1-2H3. The van der Waals surface area contributed by atoms with Gasteiger partial charge in [0.1, 0.15) is 0 Å². The van der Waals surface area contributed by atoms with Gasteiger partial charge in [0, 0.05) is 21.7 Å². The van der Waals surface area contributed by atoms with Gasteiger partial charge in [0.15, 0.2) is 0 Å². The lowest BCUT2D eigenvalue weighted by Gasteiger charge is -2.01. The molecule has 0 unspecified atom stereocenters. The molecule has 74 valence electrons. The normalized spacial score (nSPS) is 9.36. The minimum absolute atomic E-state index is 0.746. The van der Waals surface area contributed by atoms with Crippen molar-refractivity contribution in [2.45, 2.75) is 13.8 Å². The molecular formula is C11H13BrN2. The minimum Gasteiger partial charge on any atom is -0.398 e. The molecule has 2 aromatic rings. The van der Waals surface area contributed by atoms with E-state index in [1.807, 2.05) is 38.1 Å². The topological polar surface area (TPSA) is 38.9 Å². The van der Waals surface area contributed by atoms with E-state index in [0.717, 1.165) is 21.1 Å². The third-order valence-corrected chi connectivity index (χ3v) is 2.63. The Balaban J connectivity index is 0.000000461. The fraction of sp³-hybridized carbons (Fsp3) is 0.182. The Hall–Kier alpha value is -1.09. The first-order valence-corrected chi connectivity index (χ1v) is 5.37. The van der Waals surface area contributed by atoms with Crippen molar-refractivity contribution in [2.24, 2.45) is 0 Å². The number of nitrogens with zero attached hydrogens (tertiary/aromatic N) is 1. The van der Waals surface area contributed by atoms with E-state index in [0.29, 0.717) is 0 Å². The van der Waals surface area contributed by atoms with Gasteiger partial charge < -0.3 is 5.73 Å². The Kier molecular flexibility index (Phi) is 3.89. The van der Waals surface area contributed by atoms with E-state index in [-0.39, 0.29) is 0 Å². The van der Waals surface area contributed by atoms with Crippen LogP contribution in [0.15, 0.2) is 34.9 Å². The molecule has 3 heteroatoms. The highest BCUT2D eigenvalue weighted by atomic mass is 79.9. The zero-order valence-electron chi connectivity index (χ0n) is 8.29. The first-order chi connectivity index (χ1) is 6.79. The second-order valence-corrected chi connectivity index (χ2v) is 3.33. The molecule has 2 rings (SSSR count). The fourth-order valence-electron chi connectivity index (χ4n) is 1.13. The van der Waals surface area contributed by atoms with E-state index in [1.54, 1.807) is 6.20 Å². The molecule has 1 heterocycles. The van der Waals surface area contributed by atoms with Crippen LogP contribution in [-0.2, 0) is 0 Å². The average molecular weight is 253 g/mol. The van der Waals surface area contributed by atoms with Crippen molar-refractivity contribution in [3.63, 3.8) is 0 Å². The largest absolute Gasteiger partial charge is 0.398 e. The molecule has 0 radical (unpaired) electrons. The summed E-state index contributed by atoms with van der Waals surface area (Å²) in [6, 6.07) is 7.64. The molecule has 0 amide bonds. The number of benzene rings is 1. The molecule has 0 saturated carbocycles. The maximum atomic E-state index is 5.71. The predicted octanol–water partition coefficient (Wildman–Crippen LogP) is 3.61. The summed E-state index contributed by atoms with van der Waals surface area (Å²) in [5.74, 6) is 0. The van der Waals surface area contributed by atoms with Gasteiger partial charge in [-0.15, -0.1) is 0 Å². The van der Waals surface area contributed by atoms with Crippen LogP contribution in [-0.4, -0.2) is 4.98 Å². The lowest BCUT2D eigenvalue weighted by atomic mass is 10.2. The van der Waals surface area contributed by atoms with Crippen molar-refractivity contribution in [3.05, 3.63) is 34.9 Å². The number of nitrogen functional groups attached to an aromatic ring is 1. The summed E-state index contributed by atoms with van der Waals surface area (Å²) in [6.45, 7) is 4.00. The quantitative estimate of drug-likeness (QED) is 0.728.